The van der Waals surface area contributed by atoms with Crippen molar-refractivity contribution in [3.8, 4) is 0 Å². The normalized spacial score (nSPS) is 16.2. The number of halogens is 1. The van der Waals surface area contributed by atoms with Crippen molar-refractivity contribution in [1.29, 1.82) is 0 Å². The SMILES string of the molecule is O=C(NO)c1cn(C2CC2)c2cc(N3CCN(C(=O)c4ccccc4)CC3)c(F)cc2c1=O. The molecule has 2 aromatic carbocycles. The van der Waals surface area contributed by atoms with E-state index in [-0.39, 0.29) is 22.9 Å². The highest BCUT2D eigenvalue weighted by atomic mass is 19.1. The summed E-state index contributed by atoms with van der Waals surface area (Å²) in [6, 6.07) is 12.0. The van der Waals surface area contributed by atoms with E-state index in [9.17, 15) is 14.4 Å². The number of aromatic nitrogens is 1. The van der Waals surface area contributed by atoms with Crippen molar-refractivity contribution in [2.24, 2.45) is 0 Å². The van der Waals surface area contributed by atoms with E-state index in [0.717, 1.165) is 12.8 Å². The van der Waals surface area contributed by atoms with Crippen molar-refractivity contribution >= 4 is 28.4 Å². The maximum absolute atomic E-state index is 15.1. The highest BCUT2D eigenvalue weighted by molar-refractivity contribution is 5.97. The van der Waals surface area contributed by atoms with Gasteiger partial charge in [0.15, 0.2) is 0 Å². The van der Waals surface area contributed by atoms with E-state index in [1.54, 1.807) is 23.1 Å². The monoisotopic (exact) mass is 450 g/mol. The number of pyridine rings is 1. The van der Waals surface area contributed by atoms with Crippen molar-refractivity contribution in [3.05, 3.63) is 75.8 Å². The summed E-state index contributed by atoms with van der Waals surface area (Å²) >= 11 is 0. The van der Waals surface area contributed by atoms with Crippen molar-refractivity contribution in [1.82, 2.24) is 14.9 Å². The first-order valence-electron chi connectivity index (χ1n) is 10.9. The summed E-state index contributed by atoms with van der Waals surface area (Å²) in [5.41, 5.74) is 2.18. The zero-order chi connectivity index (χ0) is 23.1. The van der Waals surface area contributed by atoms with Gasteiger partial charge in [0, 0.05) is 49.4 Å². The largest absolute Gasteiger partial charge is 0.366 e. The number of nitrogens with one attached hydrogen (secondary N) is 1. The molecular formula is C24H23FN4O4. The van der Waals surface area contributed by atoms with E-state index < -0.39 is 17.2 Å². The van der Waals surface area contributed by atoms with Gasteiger partial charge < -0.3 is 14.4 Å². The van der Waals surface area contributed by atoms with Crippen LogP contribution in [0.3, 0.4) is 0 Å². The molecule has 3 aromatic rings. The predicted molar refractivity (Wildman–Crippen MR) is 120 cm³/mol. The molecule has 1 saturated carbocycles. The van der Waals surface area contributed by atoms with E-state index >= 15 is 4.39 Å². The first-order chi connectivity index (χ1) is 16.0. The average molecular weight is 450 g/mol. The first kappa shape index (κ1) is 21.1. The molecule has 0 bridgehead atoms. The fraction of sp³-hybridized carbons (Fsp3) is 0.292. The van der Waals surface area contributed by atoms with Gasteiger partial charge >= 0.3 is 0 Å². The molecule has 170 valence electrons. The Kier molecular flexibility index (Phi) is 5.33. The minimum atomic E-state index is -0.917. The van der Waals surface area contributed by atoms with E-state index in [2.05, 4.69) is 0 Å². The van der Waals surface area contributed by atoms with Crippen LogP contribution in [-0.4, -0.2) is 52.7 Å². The fourth-order valence-electron chi connectivity index (χ4n) is 4.39. The van der Waals surface area contributed by atoms with Crippen LogP contribution in [0.4, 0.5) is 10.1 Å². The number of anilines is 1. The van der Waals surface area contributed by atoms with Gasteiger partial charge in [0.2, 0.25) is 5.43 Å². The number of amides is 2. The smallest absolute Gasteiger partial charge is 0.280 e. The minimum absolute atomic E-state index is 0.0495. The number of hydrogen-bond donors (Lipinski definition) is 2. The zero-order valence-corrected chi connectivity index (χ0v) is 17.8. The predicted octanol–water partition coefficient (Wildman–Crippen LogP) is 2.56. The number of nitrogens with zero attached hydrogens (tertiary/aromatic N) is 3. The van der Waals surface area contributed by atoms with Crippen molar-refractivity contribution in [3.63, 3.8) is 0 Å². The van der Waals surface area contributed by atoms with E-state index in [1.165, 1.54) is 17.7 Å². The zero-order valence-electron chi connectivity index (χ0n) is 17.8. The molecule has 8 nitrogen and oxygen atoms in total. The summed E-state index contributed by atoms with van der Waals surface area (Å²) in [7, 11) is 0. The molecule has 2 amide bonds. The number of hydrogen-bond acceptors (Lipinski definition) is 5. The molecule has 5 rings (SSSR count). The lowest BCUT2D eigenvalue weighted by molar-refractivity contribution is 0.0703. The molecule has 9 heteroatoms. The van der Waals surface area contributed by atoms with Crippen LogP contribution in [0.5, 0.6) is 0 Å². The van der Waals surface area contributed by atoms with Gasteiger partial charge in [0.05, 0.1) is 11.2 Å². The number of carbonyl (C=O) groups is 2. The Bertz CT molecular complexity index is 1300. The number of benzene rings is 2. The van der Waals surface area contributed by atoms with Gasteiger partial charge in [-0.15, -0.1) is 0 Å². The number of carbonyl (C=O) groups excluding carboxylic acids is 2. The molecule has 2 heterocycles. The minimum Gasteiger partial charge on any atom is -0.366 e. The molecule has 1 aliphatic carbocycles. The number of rotatable bonds is 4. The van der Waals surface area contributed by atoms with E-state index in [1.807, 2.05) is 27.7 Å². The summed E-state index contributed by atoms with van der Waals surface area (Å²) in [6.07, 6.45) is 3.22. The molecule has 1 aromatic heterocycles. The van der Waals surface area contributed by atoms with Gasteiger partial charge in [-0.1, -0.05) is 18.2 Å². The Morgan fingerprint density at radius 3 is 2.36 bits per heavy atom. The Balaban J connectivity index is 1.45. The maximum Gasteiger partial charge on any atom is 0.280 e. The molecule has 0 radical (unpaired) electrons. The molecule has 1 saturated heterocycles. The third kappa shape index (κ3) is 3.84. The van der Waals surface area contributed by atoms with Gasteiger partial charge in [-0.25, -0.2) is 9.87 Å². The molecular weight excluding hydrogens is 427 g/mol. The van der Waals surface area contributed by atoms with Crippen molar-refractivity contribution in [2.45, 2.75) is 18.9 Å². The number of fused-ring (bicyclic) bond motifs is 1. The van der Waals surface area contributed by atoms with Crippen LogP contribution in [-0.2, 0) is 0 Å². The average Bonchev–Trinajstić information content (AvgIpc) is 3.69. The van der Waals surface area contributed by atoms with E-state index in [4.69, 9.17) is 5.21 Å². The van der Waals surface area contributed by atoms with Gasteiger partial charge in [-0.2, -0.15) is 0 Å². The Hall–Kier alpha value is -3.72. The maximum atomic E-state index is 15.1. The highest BCUT2D eigenvalue weighted by Gasteiger charge is 2.29. The quantitative estimate of drug-likeness (QED) is 0.471. The van der Waals surface area contributed by atoms with Crippen LogP contribution < -0.4 is 15.8 Å². The topological polar surface area (TPSA) is 94.9 Å². The fourth-order valence-corrected chi connectivity index (χ4v) is 4.39. The second-order valence-electron chi connectivity index (χ2n) is 8.42. The van der Waals surface area contributed by atoms with Gasteiger partial charge in [0.25, 0.3) is 11.8 Å². The number of hydroxylamine groups is 1. The lowest BCUT2D eigenvalue weighted by Crippen LogP contribution is -2.49. The van der Waals surface area contributed by atoms with E-state index in [0.29, 0.717) is 42.9 Å². The second-order valence-corrected chi connectivity index (χ2v) is 8.42. The third-order valence-corrected chi connectivity index (χ3v) is 6.32. The second kappa shape index (κ2) is 8.32. The summed E-state index contributed by atoms with van der Waals surface area (Å²) in [5, 5.41) is 9.07. The molecule has 33 heavy (non-hydrogen) atoms. The van der Waals surface area contributed by atoms with Gasteiger partial charge in [-0.3, -0.25) is 19.6 Å². The molecule has 0 atom stereocenters. The van der Waals surface area contributed by atoms with Gasteiger partial charge in [0.1, 0.15) is 11.4 Å². The summed E-state index contributed by atoms with van der Waals surface area (Å²) in [4.78, 5) is 41.1. The Morgan fingerprint density at radius 2 is 1.73 bits per heavy atom. The standard InChI is InChI=1S/C24H23FN4O4/c25-19-12-17-20(29(16-6-7-16)14-18(22(17)30)23(31)26-33)13-21(19)27-8-10-28(11-9-27)24(32)15-4-2-1-3-5-15/h1-5,12-14,16,33H,6-11H2,(H,26,31). The summed E-state index contributed by atoms with van der Waals surface area (Å²) < 4.78 is 17.0. The molecule has 2 aliphatic rings. The molecule has 1 aliphatic heterocycles. The highest BCUT2D eigenvalue weighted by Crippen LogP contribution is 2.38. The van der Waals surface area contributed by atoms with Gasteiger partial charge in [-0.05, 0) is 37.1 Å². The molecule has 0 spiro atoms. The third-order valence-electron chi connectivity index (χ3n) is 6.32. The van der Waals surface area contributed by atoms with Crippen LogP contribution in [0, 0.1) is 5.82 Å². The molecule has 2 fully saturated rings. The first-order valence-corrected chi connectivity index (χ1v) is 10.9. The van der Waals surface area contributed by atoms with Crippen LogP contribution in [0.15, 0.2) is 53.5 Å². The molecule has 2 N–H and O–H groups in total. The van der Waals surface area contributed by atoms with Crippen LogP contribution in [0.2, 0.25) is 0 Å². The van der Waals surface area contributed by atoms with Crippen molar-refractivity contribution in [2.75, 3.05) is 31.1 Å². The summed E-state index contributed by atoms with van der Waals surface area (Å²) in [5.74, 6) is -1.53. The van der Waals surface area contributed by atoms with Crippen LogP contribution in [0.1, 0.15) is 39.6 Å². The van der Waals surface area contributed by atoms with Crippen LogP contribution >= 0.6 is 0 Å². The van der Waals surface area contributed by atoms with Crippen LogP contribution in [0.25, 0.3) is 10.9 Å². The lowest BCUT2D eigenvalue weighted by atomic mass is 10.1. The molecule has 0 unspecified atom stereocenters. The Morgan fingerprint density at radius 1 is 1.03 bits per heavy atom. The number of piperazine rings is 1. The summed E-state index contributed by atoms with van der Waals surface area (Å²) in [6.45, 7) is 1.83. The van der Waals surface area contributed by atoms with Crippen molar-refractivity contribution < 1.29 is 19.2 Å². The lowest BCUT2D eigenvalue weighted by Gasteiger charge is -2.36. The Labute approximate surface area is 188 Å².